The molecule has 0 radical (unpaired) electrons. The van der Waals surface area contributed by atoms with E-state index in [1.54, 1.807) is 43.4 Å². The molecule has 0 fully saturated rings. The van der Waals surface area contributed by atoms with Gasteiger partial charge in [0, 0.05) is 18.3 Å². The average Bonchev–Trinajstić information content (AvgIpc) is 2.96. The molecule has 0 bridgehead atoms. The molecular weight excluding hydrogens is 368 g/mol. The van der Waals surface area contributed by atoms with E-state index in [0.29, 0.717) is 22.6 Å². The van der Waals surface area contributed by atoms with Crippen molar-refractivity contribution in [2.75, 3.05) is 5.32 Å². The molecule has 1 amide bonds. The van der Waals surface area contributed by atoms with Crippen LogP contribution in [0.1, 0.15) is 10.4 Å². The number of fused-ring (bicyclic) bond motifs is 1. The van der Waals surface area contributed by atoms with Crippen LogP contribution >= 0.6 is 0 Å². The van der Waals surface area contributed by atoms with Gasteiger partial charge in [0.15, 0.2) is 11.2 Å². The number of hydrogen-bond acceptors (Lipinski definition) is 4. The number of rotatable bonds is 3. The molecule has 2 aromatic carbocycles. The Morgan fingerprint density at radius 1 is 1.04 bits per heavy atom. The van der Waals surface area contributed by atoms with Gasteiger partial charge in [-0.05, 0) is 36.4 Å². The molecule has 0 aliphatic rings. The van der Waals surface area contributed by atoms with E-state index >= 15 is 0 Å². The molecule has 0 atom stereocenters. The van der Waals surface area contributed by atoms with Crippen LogP contribution in [0, 0.1) is 11.6 Å². The SMILES string of the molecule is Cn1c(=O)oc2ccc(-c3ccc(NC(=O)c4c(F)cccc4F)cc3)nc21. The third-order valence-corrected chi connectivity index (χ3v) is 4.26. The van der Waals surface area contributed by atoms with Crippen molar-refractivity contribution in [3.63, 3.8) is 0 Å². The summed E-state index contributed by atoms with van der Waals surface area (Å²) >= 11 is 0. The van der Waals surface area contributed by atoms with Gasteiger partial charge >= 0.3 is 5.76 Å². The number of amides is 1. The number of aryl methyl sites for hydroxylation is 1. The Labute approximate surface area is 157 Å². The maximum atomic E-state index is 13.7. The Bertz CT molecular complexity index is 1240. The second-order valence-electron chi connectivity index (χ2n) is 6.07. The largest absolute Gasteiger partial charge is 0.420 e. The normalized spacial score (nSPS) is 11.0. The highest BCUT2D eigenvalue weighted by molar-refractivity contribution is 6.04. The highest BCUT2D eigenvalue weighted by atomic mass is 19.1. The van der Waals surface area contributed by atoms with Gasteiger partial charge in [0.25, 0.3) is 5.91 Å². The molecule has 2 aromatic heterocycles. The van der Waals surface area contributed by atoms with Crippen LogP contribution < -0.4 is 11.1 Å². The first-order valence-electron chi connectivity index (χ1n) is 8.26. The summed E-state index contributed by atoms with van der Waals surface area (Å²) < 4.78 is 33.8. The smallest absolute Gasteiger partial charge is 0.406 e. The lowest BCUT2D eigenvalue weighted by Crippen LogP contribution is -2.15. The lowest BCUT2D eigenvalue weighted by molar-refractivity contribution is 0.101. The fourth-order valence-electron chi connectivity index (χ4n) is 2.80. The summed E-state index contributed by atoms with van der Waals surface area (Å²) in [6.45, 7) is 0. The molecule has 28 heavy (non-hydrogen) atoms. The van der Waals surface area contributed by atoms with Crippen molar-refractivity contribution in [2.24, 2.45) is 7.05 Å². The molecule has 0 aliphatic heterocycles. The van der Waals surface area contributed by atoms with E-state index in [1.807, 2.05) is 0 Å². The molecule has 0 spiro atoms. The molecule has 2 heterocycles. The molecular formula is C20H13F2N3O3. The number of nitrogens with zero attached hydrogens (tertiary/aromatic N) is 2. The zero-order valence-corrected chi connectivity index (χ0v) is 14.6. The lowest BCUT2D eigenvalue weighted by Gasteiger charge is -2.08. The summed E-state index contributed by atoms with van der Waals surface area (Å²) in [5.41, 5.74) is 1.85. The van der Waals surface area contributed by atoms with Gasteiger partial charge in [-0.25, -0.2) is 18.6 Å². The zero-order chi connectivity index (χ0) is 19.8. The number of oxazole rings is 1. The second kappa shape index (κ2) is 6.73. The van der Waals surface area contributed by atoms with Crippen LogP contribution in [0.2, 0.25) is 0 Å². The molecule has 1 N–H and O–H groups in total. The number of hydrogen-bond donors (Lipinski definition) is 1. The molecule has 8 heteroatoms. The molecule has 140 valence electrons. The Hall–Kier alpha value is -3.81. The van der Waals surface area contributed by atoms with Gasteiger partial charge in [-0.2, -0.15) is 0 Å². The van der Waals surface area contributed by atoms with E-state index in [4.69, 9.17) is 4.42 Å². The van der Waals surface area contributed by atoms with Crippen molar-refractivity contribution in [1.82, 2.24) is 9.55 Å². The summed E-state index contributed by atoms with van der Waals surface area (Å²) in [5.74, 6) is -3.25. The summed E-state index contributed by atoms with van der Waals surface area (Å²) in [7, 11) is 1.56. The molecule has 0 aliphatic carbocycles. The number of carbonyl (C=O) groups excluding carboxylic acids is 1. The average molecular weight is 381 g/mol. The third-order valence-electron chi connectivity index (χ3n) is 4.26. The van der Waals surface area contributed by atoms with Crippen molar-refractivity contribution >= 4 is 22.8 Å². The van der Waals surface area contributed by atoms with Crippen LogP contribution in [0.25, 0.3) is 22.5 Å². The van der Waals surface area contributed by atoms with Crippen LogP contribution in [-0.2, 0) is 7.05 Å². The van der Waals surface area contributed by atoms with Gasteiger partial charge < -0.3 is 9.73 Å². The van der Waals surface area contributed by atoms with E-state index < -0.39 is 28.9 Å². The van der Waals surface area contributed by atoms with Gasteiger partial charge in [-0.1, -0.05) is 18.2 Å². The predicted octanol–water partition coefficient (Wildman–Crippen LogP) is 3.72. The molecule has 6 nitrogen and oxygen atoms in total. The summed E-state index contributed by atoms with van der Waals surface area (Å²) in [6.07, 6.45) is 0. The van der Waals surface area contributed by atoms with Crippen LogP contribution in [-0.4, -0.2) is 15.5 Å². The van der Waals surface area contributed by atoms with E-state index in [-0.39, 0.29) is 0 Å². The number of benzene rings is 2. The predicted molar refractivity (Wildman–Crippen MR) is 99.0 cm³/mol. The van der Waals surface area contributed by atoms with Gasteiger partial charge in [0.2, 0.25) is 0 Å². The van der Waals surface area contributed by atoms with Crippen LogP contribution in [0.5, 0.6) is 0 Å². The Morgan fingerprint density at radius 3 is 2.39 bits per heavy atom. The van der Waals surface area contributed by atoms with Gasteiger partial charge in [0.05, 0.1) is 5.69 Å². The third kappa shape index (κ3) is 3.05. The van der Waals surface area contributed by atoms with Crippen molar-refractivity contribution in [3.8, 4) is 11.3 Å². The maximum Gasteiger partial charge on any atom is 0.420 e. The number of aromatic nitrogens is 2. The standard InChI is InChI=1S/C20H13F2N3O3/c1-25-18-16(28-20(25)27)10-9-15(24-18)11-5-7-12(8-6-11)23-19(26)17-13(21)3-2-4-14(17)22/h2-10H,1H3,(H,23,26). The minimum atomic E-state index is -0.933. The van der Waals surface area contributed by atoms with Crippen LogP contribution in [0.3, 0.4) is 0 Å². The maximum absolute atomic E-state index is 13.7. The quantitative estimate of drug-likeness (QED) is 0.587. The van der Waals surface area contributed by atoms with Gasteiger partial charge in [-0.3, -0.25) is 9.36 Å². The van der Waals surface area contributed by atoms with Crippen molar-refractivity contribution in [3.05, 3.63) is 82.3 Å². The molecule has 0 unspecified atom stereocenters. The van der Waals surface area contributed by atoms with Crippen molar-refractivity contribution in [2.45, 2.75) is 0 Å². The minimum Gasteiger partial charge on any atom is -0.406 e. The number of anilines is 1. The highest BCUT2D eigenvalue weighted by Gasteiger charge is 2.17. The zero-order valence-electron chi connectivity index (χ0n) is 14.6. The first-order chi connectivity index (χ1) is 13.4. The van der Waals surface area contributed by atoms with E-state index in [1.165, 1.54) is 10.6 Å². The Balaban J connectivity index is 1.60. The molecule has 0 saturated heterocycles. The summed E-state index contributed by atoms with van der Waals surface area (Å²) in [6, 6.07) is 13.1. The van der Waals surface area contributed by atoms with Crippen LogP contribution in [0.4, 0.5) is 14.5 Å². The first kappa shape index (κ1) is 17.6. The van der Waals surface area contributed by atoms with Crippen LogP contribution in [0.15, 0.2) is 63.8 Å². The summed E-state index contributed by atoms with van der Waals surface area (Å²) in [4.78, 5) is 28.1. The first-order valence-corrected chi connectivity index (χ1v) is 8.26. The fourth-order valence-corrected chi connectivity index (χ4v) is 2.80. The molecule has 4 aromatic rings. The topological polar surface area (TPSA) is 77.1 Å². The Morgan fingerprint density at radius 2 is 1.71 bits per heavy atom. The lowest BCUT2D eigenvalue weighted by atomic mass is 10.1. The number of nitrogens with one attached hydrogen (secondary N) is 1. The van der Waals surface area contributed by atoms with E-state index in [0.717, 1.165) is 17.7 Å². The summed E-state index contributed by atoms with van der Waals surface area (Å²) in [5, 5.41) is 2.46. The fraction of sp³-hybridized carbons (Fsp3) is 0.0500. The van der Waals surface area contributed by atoms with E-state index in [9.17, 15) is 18.4 Å². The highest BCUT2D eigenvalue weighted by Crippen LogP contribution is 2.23. The molecule has 4 rings (SSSR count). The van der Waals surface area contributed by atoms with Crippen molar-refractivity contribution in [1.29, 1.82) is 0 Å². The minimum absolute atomic E-state index is 0.369. The Kier molecular flexibility index (Phi) is 4.23. The van der Waals surface area contributed by atoms with Gasteiger partial charge in [0.1, 0.15) is 17.2 Å². The molecule has 0 saturated carbocycles. The second-order valence-corrected chi connectivity index (χ2v) is 6.07. The van der Waals surface area contributed by atoms with E-state index in [2.05, 4.69) is 10.3 Å². The van der Waals surface area contributed by atoms with Gasteiger partial charge in [-0.15, -0.1) is 0 Å². The number of carbonyl (C=O) groups is 1. The monoisotopic (exact) mass is 381 g/mol. The number of pyridine rings is 1. The number of halogens is 2. The van der Waals surface area contributed by atoms with Crippen molar-refractivity contribution < 1.29 is 18.0 Å².